The van der Waals surface area contributed by atoms with E-state index in [0.29, 0.717) is 0 Å². The van der Waals surface area contributed by atoms with Gasteiger partial charge in [0.2, 0.25) is 0 Å². The van der Waals surface area contributed by atoms with Gasteiger partial charge in [0.25, 0.3) is 0 Å². The van der Waals surface area contributed by atoms with E-state index in [0.717, 1.165) is 5.56 Å². The molecule has 0 N–H and O–H groups in total. The minimum atomic E-state index is -4.67. The number of aryl methyl sites for hydroxylation is 1. The largest absolute Gasteiger partial charge is 0.492 e. The summed E-state index contributed by atoms with van der Waals surface area (Å²) in [6.07, 6.45) is -4.67. The molecule has 0 bridgehead atoms. The quantitative estimate of drug-likeness (QED) is 0.641. The minimum Gasteiger partial charge on any atom is -0.397 e. The van der Waals surface area contributed by atoms with Gasteiger partial charge in [0, 0.05) is 0 Å². The third-order valence-corrected chi connectivity index (χ3v) is 2.21. The summed E-state index contributed by atoms with van der Waals surface area (Å²) >= 11 is 0. The van der Waals surface area contributed by atoms with Crippen molar-refractivity contribution < 1.29 is 22.8 Å². The predicted molar refractivity (Wildman–Crippen MR) is 48.9 cm³/mol. The summed E-state index contributed by atoms with van der Waals surface area (Å²) in [4.78, 5) is 16.1. The van der Waals surface area contributed by atoms with E-state index in [2.05, 4.69) is 4.84 Å². The molecule has 1 aromatic carbocycles. The number of nitrogens with zero attached hydrogens (tertiary/aromatic N) is 1. The van der Waals surface area contributed by atoms with Crippen LogP contribution in [-0.4, -0.2) is 23.7 Å². The molecule has 2 rings (SSSR count). The third kappa shape index (κ3) is 1.88. The molecule has 0 aromatic heterocycles. The summed E-state index contributed by atoms with van der Waals surface area (Å²) in [6.45, 7) is 0.948. The number of benzene rings is 1. The Hall–Kier alpha value is -1.56. The van der Waals surface area contributed by atoms with Crippen molar-refractivity contribution in [1.29, 1.82) is 0 Å². The van der Waals surface area contributed by atoms with Crippen LogP contribution in [0.3, 0.4) is 0 Å². The normalized spacial score (nSPS) is 16.9. The van der Waals surface area contributed by atoms with Crippen molar-refractivity contribution in [2.75, 3.05) is 6.54 Å². The number of alkyl halides is 3. The highest BCUT2D eigenvalue weighted by Crippen LogP contribution is 2.31. The number of Topliss-reactive ketones (excluding diaryl/α,β-unsaturated/α-hetero) is 1. The molecule has 16 heavy (non-hydrogen) atoms. The highest BCUT2D eigenvalue weighted by Gasteiger charge is 2.44. The average Bonchev–Trinajstić information content (AvgIpc) is 2.17. The number of hydroxylamine groups is 2. The van der Waals surface area contributed by atoms with Gasteiger partial charge in [0.05, 0.1) is 5.56 Å². The van der Waals surface area contributed by atoms with Crippen LogP contribution in [-0.2, 0) is 0 Å². The van der Waals surface area contributed by atoms with Gasteiger partial charge in [0.15, 0.2) is 11.5 Å². The summed E-state index contributed by atoms with van der Waals surface area (Å²) < 4.78 is 37.0. The lowest BCUT2D eigenvalue weighted by Crippen LogP contribution is -2.46. The number of carbonyl (C=O) groups is 1. The SMILES string of the molecule is Cc1ccc2c(c1)C(=O)CN(C(F)(F)F)O2. The van der Waals surface area contributed by atoms with Gasteiger partial charge in [0.1, 0.15) is 6.54 Å². The molecule has 1 heterocycles. The summed E-state index contributed by atoms with van der Waals surface area (Å²) in [5, 5.41) is -0.271. The molecule has 1 aliphatic rings. The zero-order chi connectivity index (χ0) is 11.9. The molecule has 3 nitrogen and oxygen atoms in total. The van der Waals surface area contributed by atoms with Crippen molar-refractivity contribution in [2.45, 2.75) is 13.2 Å². The fraction of sp³-hybridized carbons (Fsp3) is 0.300. The molecule has 0 amide bonds. The van der Waals surface area contributed by atoms with Crippen molar-refractivity contribution >= 4 is 5.78 Å². The van der Waals surface area contributed by atoms with Crippen LogP contribution in [0.1, 0.15) is 15.9 Å². The van der Waals surface area contributed by atoms with E-state index in [-0.39, 0.29) is 16.4 Å². The Morgan fingerprint density at radius 3 is 2.69 bits per heavy atom. The van der Waals surface area contributed by atoms with E-state index in [1.165, 1.54) is 12.1 Å². The Kier molecular flexibility index (Phi) is 2.38. The summed E-state index contributed by atoms with van der Waals surface area (Å²) in [7, 11) is 0. The summed E-state index contributed by atoms with van der Waals surface area (Å²) in [5.74, 6) is -0.651. The van der Waals surface area contributed by atoms with Crippen molar-refractivity contribution in [2.24, 2.45) is 0 Å². The van der Waals surface area contributed by atoms with Gasteiger partial charge < -0.3 is 4.84 Å². The van der Waals surface area contributed by atoms with Crippen LogP contribution in [0.5, 0.6) is 5.75 Å². The molecule has 0 saturated carbocycles. The van der Waals surface area contributed by atoms with E-state index in [4.69, 9.17) is 0 Å². The number of hydrogen-bond acceptors (Lipinski definition) is 3. The fourth-order valence-corrected chi connectivity index (χ4v) is 1.45. The van der Waals surface area contributed by atoms with Crippen LogP contribution in [0.2, 0.25) is 0 Å². The third-order valence-electron chi connectivity index (χ3n) is 2.21. The molecule has 0 aliphatic carbocycles. The van der Waals surface area contributed by atoms with Crippen LogP contribution >= 0.6 is 0 Å². The topological polar surface area (TPSA) is 29.5 Å². The second-order valence-corrected chi connectivity index (χ2v) is 3.52. The fourth-order valence-electron chi connectivity index (χ4n) is 1.45. The first kappa shape index (κ1) is 10.9. The van der Waals surface area contributed by atoms with Crippen molar-refractivity contribution in [3.8, 4) is 5.75 Å². The minimum absolute atomic E-state index is 0.0563. The molecule has 1 aromatic rings. The molecule has 0 saturated heterocycles. The maximum absolute atomic E-state index is 12.3. The monoisotopic (exact) mass is 231 g/mol. The molecule has 0 unspecified atom stereocenters. The Morgan fingerprint density at radius 2 is 2.06 bits per heavy atom. The molecule has 0 radical (unpaired) electrons. The number of ketones is 1. The van der Waals surface area contributed by atoms with E-state index >= 15 is 0 Å². The van der Waals surface area contributed by atoms with Gasteiger partial charge in [-0.05, 0) is 24.1 Å². The zero-order valence-electron chi connectivity index (χ0n) is 8.34. The van der Waals surface area contributed by atoms with E-state index in [1.54, 1.807) is 13.0 Å². The maximum atomic E-state index is 12.3. The van der Waals surface area contributed by atoms with E-state index in [9.17, 15) is 18.0 Å². The van der Waals surface area contributed by atoms with Gasteiger partial charge >= 0.3 is 6.30 Å². The first-order chi connectivity index (χ1) is 7.38. The highest BCUT2D eigenvalue weighted by molar-refractivity contribution is 6.00. The van der Waals surface area contributed by atoms with Crippen molar-refractivity contribution in [3.63, 3.8) is 0 Å². The smallest absolute Gasteiger partial charge is 0.397 e. The van der Waals surface area contributed by atoms with Crippen LogP contribution in [0.4, 0.5) is 13.2 Å². The molecule has 86 valence electrons. The van der Waals surface area contributed by atoms with Gasteiger partial charge in [-0.1, -0.05) is 11.6 Å². The van der Waals surface area contributed by atoms with Crippen LogP contribution in [0, 0.1) is 6.92 Å². The molecule has 6 heteroatoms. The van der Waals surface area contributed by atoms with Gasteiger partial charge in [-0.3, -0.25) is 4.79 Å². The predicted octanol–water partition coefficient (Wildman–Crippen LogP) is 2.31. The second kappa shape index (κ2) is 3.48. The Morgan fingerprint density at radius 1 is 1.38 bits per heavy atom. The molecular weight excluding hydrogens is 223 g/mol. The van der Waals surface area contributed by atoms with Crippen LogP contribution < -0.4 is 4.84 Å². The number of rotatable bonds is 0. The average molecular weight is 231 g/mol. The molecule has 0 atom stereocenters. The molecule has 1 aliphatic heterocycles. The van der Waals surface area contributed by atoms with Gasteiger partial charge in [-0.2, -0.15) is 13.2 Å². The van der Waals surface area contributed by atoms with E-state index < -0.39 is 18.6 Å². The standard InChI is InChI=1S/C10H8F3NO2/c1-6-2-3-9-7(4-6)8(15)5-14(16-9)10(11,12)13/h2-4H,5H2,1H3. The Bertz CT molecular complexity index is 442. The van der Waals surface area contributed by atoms with Gasteiger partial charge in [-0.25, -0.2) is 0 Å². The number of fused-ring (bicyclic) bond motifs is 1. The molecular formula is C10H8F3NO2. The summed E-state index contributed by atoms with van der Waals surface area (Å²) in [5.41, 5.74) is 0.997. The Labute approximate surface area is 89.4 Å². The maximum Gasteiger partial charge on any atom is 0.492 e. The molecule has 0 fully saturated rings. The van der Waals surface area contributed by atoms with Crippen LogP contribution in [0.25, 0.3) is 0 Å². The van der Waals surface area contributed by atoms with Gasteiger partial charge in [-0.15, -0.1) is 0 Å². The number of halogens is 3. The lowest BCUT2D eigenvalue weighted by molar-refractivity contribution is -0.333. The highest BCUT2D eigenvalue weighted by atomic mass is 19.4. The second-order valence-electron chi connectivity index (χ2n) is 3.52. The lowest BCUT2D eigenvalue weighted by Gasteiger charge is -2.28. The Balaban J connectivity index is 2.38. The summed E-state index contributed by atoms with van der Waals surface area (Å²) in [6, 6.07) is 4.47. The van der Waals surface area contributed by atoms with Crippen molar-refractivity contribution in [1.82, 2.24) is 5.06 Å². The first-order valence-corrected chi connectivity index (χ1v) is 4.54. The number of carbonyl (C=O) groups excluding carboxylic acids is 1. The number of hydrogen-bond donors (Lipinski definition) is 0. The molecule has 0 spiro atoms. The van der Waals surface area contributed by atoms with Crippen LogP contribution in [0.15, 0.2) is 18.2 Å². The van der Waals surface area contributed by atoms with E-state index in [1.807, 2.05) is 0 Å². The van der Waals surface area contributed by atoms with Crippen molar-refractivity contribution in [3.05, 3.63) is 29.3 Å². The zero-order valence-corrected chi connectivity index (χ0v) is 8.34. The first-order valence-electron chi connectivity index (χ1n) is 4.54. The lowest BCUT2D eigenvalue weighted by atomic mass is 10.1.